The molecule has 2 heterocycles. The first-order valence-corrected chi connectivity index (χ1v) is 8.11. The zero-order valence-electron chi connectivity index (χ0n) is 11.8. The second kappa shape index (κ2) is 6.15. The van der Waals surface area contributed by atoms with Crippen LogP contribution in [0.1, 0.15) is 0 Å². The second-order valence-corrected chi connectivity index (χ2v) is 6.14. The van der Waals surface area contributed by atoms with E-state index in [4.69, 9.17) is 4.74 Å². The Morgan fingerprint density at radius 3 is 2.91 bits per heavy atom. The third kappa shape index (κ3) is 2.67. The number of benzene rings is 1. The minimum atomic E-state index is -1.26. The zero-order chi connectivity index (χ0) is 15.5. The van der Waals surface area contributed by atoms with E-state index in [1.807, 2.05) is 30.3 Å². The Balaban J connectivity index is 2.08. The zero-order valence-corrected chi connectivity index (χ0v) is 12.6. The second-order valence-electron chi connectivity index (χ2n) is 4.67. The van der Waals surface area contributed by atoms with E-state index in [1.54, 1.807) is 6.08 Å². The van der Waals surface area contributed by atoms with Crippen molar-refractivity contribution >= 4 is 22.2 Å². The Morgan fingerprint density at radius 1 is 1.41 bits per heavy atom. The van der Waals surface area contributed by atoms with Gasteiger partial charge in [0.05, 0.1) is 10.8 Å². The quantitative estimate of drug-likeness (QED) is 0.671. The number of anilines is 2. The third-order valence-corrected chi connectivity index (χ3v) is 4.46. The molecule has 1 N–H and O–H groups in total. The largest absolute Gasteiger partial charge is 0.472 e. The maximum absolute atomic E-state index is 12.6. The molecule has 114 valence electrons. The van der Waals surface area contributed by atoms with Gasteiger partial charge in [0.1, 0.15) is 6.61 Å². The van der Waals surface area contributed by atoms with E-state index in [0.717, 1.165) is 5.69 Å². The van der Waals surface area contributed by atoms with Crippen LogP contribution < -0.4 is 15.6 Å². The summed E-state index contributed by atoms with van der Waals surface area (Å²) in [6.07, 6.45) is 1.57. The van der Waals surface area contributed by atoms with Crippen LogP contribution in [0, 0.1) is 0 Å². The molecule has 0 spiro atoms. The van der Waals surface area contributed by atoms with Crippen molar-refractivity contribution in [2.45, 2.75) is 11.7 Å². The number of fused-ring (bicyclic) bond motifs is 1. The Bertz CT molecular complexity index is 787. The lowest BCUT2D eigenvalue weighted by Crippen LogP contribution is -2.24. The average Bonchev–Trinajstić information content (AvgIpc) is 2.91. The number of rotatable bonds is 5. The standard InChI is InChI=1S/C15H15N3O3S/c1-2-9-21-13-12(16-11-6-4-3-5-7-11)14(19)18-8-10-22(20)15(18)17-13/h2-7,16H,1,8-10H2. The van der Waals surface area contributed by atoms with Gasteiger partial charge in [-0.3, -0.25) is 13.6 Å². The number of ether oxygens (including phenoxy) is 1. The summed E-state index contributed by atoms with van der Waals surface area (Å²) < 4.78 is 18.8. The summed E-state index contributed by atoms with van der Waals surface area (Å²) in [5, 5.41) is 3.31. The monoisotopic (exact) mass is 317 g/mol. The summed E-state index contributed by atoms with van der Waals surface area (Å²) >= 11 is 0. The predicted octanol–water partition coefficient (Wildman–Crippen LogP) is 1.67. The summed E-state index contributed by atoms with van der Waals surface area (Å²) in [6.45, 7) is 4.20. The van der Waals surface area contributed by atoms with Gasteiger partial charge in [-0.25, -0.2) is 0 Å². The van der Waals surface area contributed by atoms with Gasteiger partial charge in [0.15, 0.2) is 5.69 Å². The molecule has 1 aromatic heterocycles. The van der Waals surface area contributed by atoms with Gasteiger partial charge in [0, 0.05) is 18.0 Å². The van der Waals surface area contributed by atoms with E-state index in [9.17, 15) is 9.00 Å². The molecule has 1 atom stereocenters. The van der Waals surface area contributed by atoms with Crippen LogP contribution in [-0.4, -0.2) is 26.1 Å². The van der Waals surface area contributed by atoms with Crippen molar-refractivity contribution in [1.29, 1.82) is 0 Å². The molecule has 0 saturated heterocycles. The first-order chi connectivity index (χ1) is 10.7. The molecular weight excluding hydrogens is 302 g/mol. The number of para-hydroxylation sites is 1. The molecule has 1 aliphatic heterocycles. The van der Waals surface area contributed by atoms with Gasteiger partial charge in [-0.1, -0.05) is 30.9 Å². The van der Waals surface area contributed by atoms with Gasteiger partial charge in [-0.05, 0) is 12.1 Å². The van der Waals surface area contributed by atoms with E-state index < -0.39 is 10.8 Å². The van der Waals surface area contributed by atoms with Crippen LogP contribution >= 0.6 is 0 Å². The highest BCUT2D eigenvalue weighted by Crippen LogP contribution is 2.25. The molecule has 1 unspecified atom stereocenters. The third-order valence-electron chi connectivity index (χ3n) is 3.19. The number of nitrogens with zero attached hydrogens (tertiary/aromatic N) is 2. The summed E-state index contributed by atoms with van der Waals surface area (Å²) in [5.41, 5.74) is 0.721. The number of aromatic nitrogens is 2. The fourth-order valence-corrected chi connectivity index (χ4v) is 3.30. The van der Waals surface area contributed by atoms with E-state index in [0.29, 0.717) is 12.3 Å². The lowest BCUT2D eigenvalue weighted by molar-refractivity contribution is 0.343. The minimum Gasteiger partial charge on any atom is -0.472 e. The summed E-state index contributed by atoms with van der Waals surface area (Å²) in [4.78, 5) is 16.9. The highest BCUT2D eigenvalue weighted by molar-refractivity contribution is 7.85. The van der Waals surface area contributed by atoms with Gasteiger partial charge < -0.3 is 10.1 Å². The van der Waals surface area contributed by atoms with E-state index in [1.165, 1.54) is 4.57 Å². The van der Waals surface area contributed by atoms with Crippen LogP contribution in [0.3, 0.4) is 0 Å². The van der Waals surface area contributed by atoms with Crippen molar-refractivity contribution in [3.05, 3.63) is 53.3 Å². The molecule has 0 aliphatic carbocycles. The van der Waals surface area contributed by atoms with Crippen LogP contribution in [0.2, 0.25) is 0 Å². The van der Waals surface area contributed by atoms with E-state index in [-0.39, 0.29) is 28.9 Å². The summed E-state index contributed by atoms with van der Waals surface area (Å²) in [7, 11) is -1.26. The molecule has 0 fully saturated rings. The fourth-order valence-electron chi connectivity index (χ4n) is 2.17. The Labute approximate surface area is 129 Å². The van der Waals surface area contributed by atoms with Crippen molar-refractivity contribution < 1.29 is 8.95 Å². The van der Waals surface area contributed by atoms with Gasteiger partial charge in [-0.2, -0.15) is 4.98 Å². The smallest absolute Gasteiger partial charge is 0.282 e. The Morgan fingerprint density at radius 2 is 2.18 bits per heavy atom. The molecule has 0 amide bonds. The SMILES string of the molecule is C=CCOc1nc2n(c(=O)c1Nc1ccccc1)CCS2=O. The van der Waals surface area contributed by atoms with E-state index in [2.05, 4.69) is 16.9 Å². The van der Waals surface area contributed by atoms with Crippen molar-refractivity contribution in [2.75, 3.05) is 17.7 Å². The maximum Gasteiger partial charge on any atom is 0.282 e. The van der Waals surface area contributed by atoms with Gasteiger partial charge in [-0.15, -0.1) is 0 Å². The molecule has 1 aliphatic rings. The highest BCUT2D eigenvalue weighted by Gasteiger charge is 2.26. The molecule has 1 aromatic carbocycles. The number of nitrogens with one attached hydrogen (secondary N) is 1. The molecule has 6 nitrogen and oxygen atoms in total. The van der Waals surface area contributed by atoms with Crippen molar-refractivity contribution in [3.63, 3.8) is 0 Å². The maximum atomic E-state index is 12.6. The summed E-state index contributed by atoms with van der Waals surface area (Å²) in [5.74, 6) is 0.549. The molecule has 2 aromatic rings. The topological polar surface area (TPSA) is 73.2 Å². The molecular formula is C15H15N3O3S. The van der Waals surface area contributed by atoms with Gasteiger partial charge in [0.25, 0.3) is 5.56 Å². The van der Waals surface area contributed by atoms with Gasteiger partial charge in [0.2, 0.25) is 11.0 Å². The fraction of sp³-hybridized carbons (Fsp3) is 0.200. The first kappa shape index (κ1) is 14.5. The number of hydrogen-bond acceptors (Lipinski definition) is 5. The molecule has 3 rings (SSSR count). The van der Waals surface area contributed by atoms with Crippen LogP contribution in [0.25, 0.3) is 0 Å². The highest BCUT2D eigenvalue weighted by atomic mass is 32.2. The van der Waals surface area contributed by atoms with Crippen LogP contribution in [0.4, 0.5) is 11.4 Å². The summed E-state index contributed by atoms with van der Waals surface area (Å²) in [6, 6.07) is 9.29. The molecule has 0 radical (unpaired) electrons. The van der Waals surface area contributed by atoms with Crippen molar-refractivity contribution in [3.8, 4) is 5.88 Å². The predicted molar refractivity (Wildman–Crippen MR) is 85.2 cm³/mol. The molecule has 22 heavy (non-hydrogen) atoms. The Hall–Kier alpha value is -2.41. The molecule has 0 saturated carbocycles. The number of hydrogen-bond donors (Lipinski definition) is 1. The van der Waals surface area contributed by atoms with Crippen molar-refractivity contribution in [2.24, 2.45) is 0 Å². The first-order valence-electron chi connectivity index (χ1n) is 6.79. The van der Waals surface area contributed by atoms with Crippen LogP contribution in [0.15, 0.2) is 52.9 Å². The van der Waals surface area contributed by atoms with Crippen LogP contribution in [-0.2, 0) is 17.3 Å². The minimum absolute atomic E-state index is 0.148. The molecule has 0 bridgehead atoms. The molecule has 7 heteroatoms. The lowest BCUT2D eigenvalue weighted by Gasteiger charge is -2.13. The normalized spacial score (nSPS) is 16.1. The average molecular weight is 317 g/mol. The Kier molecular flexibility index (Phi) is 4.06. The van der Waals surface area contributed by atoms with Gasteiger partial charge >= 0.3 is 0 Å². The van der Waals surface area contributed by atoms with E-state index >= 15 is 0 Å². The van der Waals surface area contributed by atoms with Crippen molar-refractivity contribution in [1.82, 2.24) is 9.55 Å². The lowest BCUT2D eigenvalue weighted by atomic mass is 10.3. The van der Waals surface area contributed by atoms with Crippen LogP contribution in [0.5, 0.6) is 5.88 Å².